The number of hydrogen-bond acceptors (Lipinski definition) is 7. The zero-order chi connectivity index (χ0) is 29.7. The highest BCUT2D eigenvalue weighted by Crippen LogP contribution is 2.35. The van der Waals surface area contributed by atoms with Crippen LogP contribution in [0.2, 0.25) is 25.7 Å². The van der Waals surface area contributed by atoms with Crippen LogP contribution in [0.3, 0.4) is 0 Å². The lowest BCUT2D eigenvalue weighted by molar-refractivity contribution is 0.102. The van der Waals surface area contributed by atoms with Crippen LogP contribution >= 0.6 is 0 Å². The lowest BCUT2D eigenvalue weighted by Gasteiger charge is -2.32. The minimum absolute atomic E-state index is 0.199. The summed E-state index contributed by atoms with van der Waals surface area (Å²) >= 11 is 0. The summed E-state index contributed by atoms with van der Waals surface area (Å²) in [4.78, 5) is 22.9. The van der Waals surface area contributed by atoms with Crippen LogP contribution in [-0.2, 0) is 22.4 Å². The predicted molar refractivity (Wildman–Crippen MR) is 171 cm³/mol. The molecule has 3 aromatic rings. The molecule has 0 radical (unpaired) electrons. The Bertz CT molecular complexity index is 1460. The zero-order valence-electron chi connectivity index (χ0n) is 25.7. The molecule has 42 heavy (non-hydrogen) atoms. The summed E-state index contributed by atoms with van der Waals surface area (Å²) in [5, 5.41) is 8.34. The van der Waals surface area contributed by atoms with Crippen LogP contribution in [-0.4, -0.2) is 85.9 Å². The third-order valence-corrected chi connectivity index (χ3v) is 9.95. The Morgan fingerprint density at radius 2 is 2.05 bits per heavy atom. The van der Waals surface area contributed by atoms with Crippen molar-refractivity contribution in [2.75, 3.05) is 50.4 Å². The topological polar surface area (TPSA) is 84.8 Å². The SMILES string of the molecule is COCC#CCn1ncc2cc(C(=O)Nc3cc4c(cn3)CC(CN3CCC[C@@H]3C)N4COCC[Si](C)(C)C)ccc21. The molecule has 9 nitrogen and oxygen atoms in total. The standard InChI is InChI=1S/C32H44N6O3Si/c1-24-9-8-12-36(24)22-28-18-27-20-33-31(19-30(27)37(28)23-41-15-16-42(3,4)5)35-32(39)25-10-11-29-26(17-25)21-34-38(29)13-6-7-14-40-2/h10-11,17,19-21,24,28H,8-9,12-16,18,22-23H2,1-5H3,(H,33,35,39)/t24-,28?/m0/s1. The van der Waals surface area contributed by atoms with Crippen molar-refractivity contribution < 1.29 is 14.3 Å². The highest BCUT2D eigenvalue weighted by molar-refractivity contribution is 6.76. The highest BCUT2D eigenvalue weighted by Gasteiger charge is 2.34. The second-order valence-electron chi connectivity index (χ2n) is 12.7. The molecule has 1 saturated heterocycles. The first-order valence-electron chi connectivity index (χ1n) is 15.0. The number of pyridine rings is 1. The van der Waals surface area contributed by atoms with E-state index >= 15 is 0 Å². The first kappa shape index (κ1) is 30.2. The molecular formula is C32H44N6O3Si. The number of hydrogen-bond donors (Lipinski definition) is 1. The van der Waals surface area contributed by atoms with E-state index in [4.69, 9.17) is 9.47 Å². The monoisotopic (exact) mass is 588 g/mol. The second kappa shape index (κ2) is 13.4. The van der Waals surface area contributed by atoms with E-state index in [0.717, 1.165) is 48.8 Å². The molecular weight excluding hydrogens is 544 g/mol. The molecule has 2 aliphatic heterocycles. The molecule has 1 N–H and O–H groups in total. The van der Waals surface area contributed by atoms with E-state index in [1.807, 2.05) is 35.1 Å². The number of nitrogens with zero attached hydrogens (tertiary/aromatic N) is 5. The molecule has 2 aromatic heterocycles. The number of benzene rings is 1. The summed E-state index contributed by atoms with van der Waals surface area (Å²) in [6.45, 7) is 13.8. The number of anilines is 2. The molecule has 5 rings (SSSR count). The van der Waals surface area contributed by atoms with Gasteiger partial charge in [0.05, 0.1) is 11.7 Å². The van der Waals surface area contributed by atoms with Crippen LogP contribution in [0.1, 0.15) is 35.7 Å². The smallest absolute Gasteiger partial charge is 0.256 e. The molecule has 224 valence electrons. The number of likely N-dealkylation sites (tertiary alicyclic amines) is 1. The molecule has 0 saturated carbocycles. The van der Waals surface area contributed by atoms with Crippen LogP contribution in [0.5, 0.6) is 0 Å². The van der Waals surface area contributed by atoms with Gasteiger partial charge in [-0.2, -0.15) is 5.10 Å². The third kappa shape index (κ3) is 7.39. The van der Waals surface area contributed by atoms with E-state index in [2.05, 4.69) is 63.6 Å². The van der Waals surface area contributed by atoms with Crippen LogP contribution in [0.4, 0.5) is 11.5 Å². The first-order valence-corrected chi connectivity index (χ1v) is 18.7. The summed E-state index contributed by atoms with van der Waals surface area (Å²) < 4.78 is 13.1. The molecule has 1 fully saturated rings. The molecule has 0 aliphatic carbocycles. The minimum atomic E-state index is -1.17. The number of aromatic nitrogens is 3. The lowest BCUT2D eigenvalue weighted by atomic mass is 10.1. The fraction of sp³-hybridized carbons (Fsp3) is 0.531. The molecule has 1 amide bonds. The maximum atomic E-state index is 13.3. The van der Waals surface area contributed by atoms with Crippen LogP contribution < -0.4 is 10.2 Å². The zero-order valence-corrected chi connectivity index (χ0v) is 26.7. The molecule has 2 aliphatic rings. The van der Waals surface area contributed by atoms with Crippen LogP contribution in [0.15, 0.2) is 36.7 Å². The first-order chi connectivity index (χ1) is 20.2. The summed E-state index contributed by atoms with van der Waals surface area (Å²) in [6, 6.07) is 9.69. The Hall–Kier alpha value is -3.23. The van der Waals surface area contributed by atoms with Gasteiger partial charge in [-0.25, -0.2) is 4.98 Å². The minimum Gasteiger partial charge on any atom is -0.372 e. The van der Waals surface area contributed by atoms with Gasteiger partial charge in [0.15, 0.2) is 0 Å². The van der Waals surface area contributed by atoms with E-state index in [1.54, 1.807) is 13.3 Å². The fourth-order valence-corrected chi connectivity index (χ4v) is 6.49. The highest BCUT2D eigenvalue weighted by atomic mass is 28.3. The van der Waals surface area contributed by atoms with Gasteiger partial charge in [-0.15, -0.1) is 0 Å². The van der Waals surface area contributed by atoms with Crippen molar-refractivity contribution in [2.45, 2.75) is 70.5 Å². The van der Waals surface area contributed by atoms with Gasteiger partial charge in [-0.3, -0.25) is 14.4 Å². The Kier molecular flexibility index (Phi) is 9.63. The van der Waals surface area contributed by atoms with E-state index < -0.39 is 8.07 Å². The number of fused-ring (bicyclic) bond motifs is 2. The average Bonchev–Trinajstić information content (AvgIpc) is 3.65. The molecule has 0 bridgehead atoms. The van der Waals surface area contributed by atoms with Crippen molar-refractivity contribution in [2.24, 2.45) is 0 Å². The predicted octanol–water partition coefficient (Wildman–Crippen LogP) is 4.86. The van der Waals surface area contributed by atoms with Gasteiger partial charge in [0.1, 0.15) is 25.7 Å². The number of amides is 1. The molecule has 1 aromatic carbocycles. The van der Waals surface area contributed by atoms with Crippen molar-refractivity contribution in [3.05, 3.63) is 47.8 Å². The van der Waals surface area contributed by atoms with Crippen molar-refractivity contribution in [3.63, 3.8) is 0 Å². The number of ether oxygens (including phenoxy) is 2. The van der Waals surface area contributed by atoms with Gasteiger partial charge in [0, 0.05) is 69.3 Å². The molecule has 1 unspecified atom stereocenters. The van der Waals surface area contributed by atoms with Gasteiger partial charge in [-0.1, -0.05) is 31.5 Å². The molecule has 10 heteroatoms. The van der Waals surface area contributed by atoms with Crippen LogP contribution in [0, 0.1) is 11.8 Å². The maximum Gasteiger partial charge on any atom is 0.256 e. The summed E-state index contributed by atoms with van der Waals surface area (Å²) in [5.74, 6) is 6.34. The number of nitrogens with one attached hydrogen (secondary N) is 1. The van der Waals surface area contributed by atoms with E-state index in [9.17, 15) is 4.79 Å². The second-order valence-corrected chi connectivity index (χ2v) is 18.3. The van der Waals surface area contributed by atoms with Crippen LogP contribution in [0.25, 0.3) is 10.9 Å². The van der Waals surface area contributed by atoms with Crippen molar-refractivity contribution in [3.8, 4) is 11.8 Å². The normalized spacial score (nSPS) is 18.7. The van der Waals surface area contributed by atoms with Gasteiger partial charge in [-0.05, 0) is 62.5 Å². The average molecular weight is 589 g/mol. The molecule has 2 atom stereocenters. The summed E-state index contributed by atoms with van der Waals surface area (Å²) in [7, 11) is 0.450. The quantitative estimate of drug-likeness (QED) is 0.195. The number of rotatable bonds is 11. The fourth-order valence-electron chi connectivity index (χ4n) is 5.74. The number of carbonyl (C=O) groups is 1. The van der Waals surface area contributed by atoms with E-state index in [0.29, 0.717) is 43.3 Å². The van der Waals surface area contributed by atoms with Crippen molar-refractivity contribution in [1.82, 2.24) is 19.7 Å². The molecule has 0 spiro atoms. The van der Waals surface area contributed by atoms with Gasteiger partial charge in [0.2, 0.25) is 0 Å². The molecule has 4 heterocycles. The van der Waals surface area contributed by atoms with Gasteiger partial charge < -0.3 is 19.7 Å². The van der Waals surface area contributed by atoms with E-state index in [-0.39, 0.29) is 5.91 Å². The lowest BCUT2D eigenvalue weighted by Crippen LogP contribution is -2.44. The summed E-state index contributed by atoms with van der Waals surface area (Å²) in [5.41, 5.74) is 3.80. The van der Waals surface area contributed by atoms with Crippen molar-refractivity contribution in [1.29, 1.82) is 0 Å². The Labute approximate surface area is 250 Å². The van der Waals surface area contributed by atoms with Gasteiger partial charge in [0.25, 0.3) is 5.91 Å². The third-order valence-electron chi connectivity index (χ3n) is 8.25. The van der Waals surface area contributed by atoms with Gasteiger partial charge >= 0.3 is 0 Å². The van der Waals surface area contributed by atoms with E-state index in [1.165, 1.54) is 18.4 Å². The Morgan fingerprint density at radius 1 is 1.19 bits per heavy atom. The Morgan fingerprint density at radius 3 is 2.81 bits per heavy atom. The largest absolute Gasteiger partial charge is 0.372 e. The maximum absolute atomic E-state index is 13.3. The number of carbonyl (C=O) groups excluding carboxylic acids is 1. The Balaban J connectivity index is 1.29. The van der Waals surface area contributed by atoms with Crippen molar-refractivity contribution >= 4 is 36.4 Å². The number of methoxy groups -OCH3 is 1. The summed E-state index contributed by atoms with van der Waals surface area (Å²) in [6.07, 6.45) is 7.15.